The van der Waals surface area contributed by atoms with Crippen LogP contribution in [0, 0.1) is 0 Å². The van der Waals surface area contributed by atoms with Gasteiger partial charge in [-0.1, -0.05) is 13.3 Å². The summed E-state index contributed by atoms with van der Waals surface area (Å²) in [5, 5.41) is 9.33. The SMILES string of the molecule is CCCCN1C(=O)COc2cc(O)ccc21. The summed E-state index contributed by atoms with van der Waals surface area (Å²) in [6.45, 7) is 2.85. The Morgan fingerprint density at radius 2 is 2.31 bits per heavy atom. The predicted octanol–water partition coefficient (Wildman–Crippen LogP) is 1.92. The third kappa shape index (κ3) is 1.96. The van der Waals surface area contributed by atoms with Crippen molar-refractivity contribution in [2.24, 2.45) is 0 Å². The van der Waals surface area contributed by atoms with Gasteiger partial charge < -0.3 is 14.7 Å². The second-order valence-electron chi connectivity index (χ2n) is 3.84. The predicted molar refractivity (Wildman–Crippen MR) is 60.9 cm³/mol. The third-order valence-corrected chi connectivity index (χ3v) is 2.62. The van der Waals surface area contributed by atoms with Crippen LogP contribution in [-0.4, -0.2) is 24.2 Å². The van der Waals surface area contributed by atoms with E-state index >= 15 is 0 Å². The Labute approximate surface area is 94.4 Å². The number of carbonyl (C=O) groups is 1. The lowest BCUT2D eigenvalue weighted by Crippen LogP contribution is -2.39. The molecule has 0 aliphatic carbocycles. The molecule has 16 heavy (non-hydrogen) atoms. The fraction of sp³-hybridized carbons (Fsp3) is 0.417. The van der Waals surface area contributed by atoms with Crippen LogP contribution < -0.4 is 9.64 Å². The number of aromatic hydroxyl groups is 1. The number of benzene rings is 1. The molecule has 86 valence electrons. The number of carbonyl (C=O) groups excluding carboxylic acids is 1. The van der Waals surface area contributed by atoms with Gasteiger partial charge in [-0.2, -0.15) is 0 Å². The normalized spacial score (nSPS) is 14.6. The van der Waals surface area contributed by atoms with Gasteiger partial charge in [-0.15, -0.1) is 0 Å². The number of hydrogen-bond acceptors (Lipinski definition) is 3. The lowest BCUT2D eigenvalue weighted by molar-refractivity contribution is -0.121. The van der Waals surface area contributed by atoms with Crippen LogP contribution >= 0.6 is 0 Å². The monoisotopic (exact) mass is 221 g/mol. The fourth-order valence-corrected chi connectivity index (χ4v) is 1.75. The number of phenols is 1. The molecule has 1 heterocycles. The van der Waals surface area contributed by atoms with Gasteiger partial charge in [0.05, 0.1) is 5.69 Å². The van der Waals surface area contributed by atoms with Gasteiger partial charge in [0, 0.05) is 12.6 Å². The first kappa shape index (κ1) is 10.8. The van der Waals surface area contributed by atoms with Crippen LogP contribution in [0.3, 0.4) is 0 Å². The Morgan fingerprint density at radius 3 is 3.06 bits per heavy atom. The number of unbranched alkanes of at least 4 members (excludes halogenated alkanes) is 1. The number of amides is 1. The van der Waals surface area contributed by atoms with Gasteiger partial charge in [-0.25, -0.2) is 0 Å². The van der Waals surface area contributed by atoms with E-state index in [2.05, 4.69) is 6.92 Å². The Balaban J connectivity index is 2.29. The van der Waals surface area contributed by atoms with E-state index in [1.807, 2.05) is 0 Å². The molecule has 4 heteroatoms. The molecule has 1 aliphatic rings. The first-order chi connectivity index (χ1) is 7.72. The van der Waals surface area contributed by atoms with E-state index in [9.17, 15) is 9.90 Å². The van der Waals surface area contributed by atoms with Crippen LogP contribution in [0.2, 0.25) is 0 Å². The molecule has 0 radical (unpaired) electrons. The largest absolute Gasteiger partial charge is 0.508 e. The maximum absolute atomic E-state index is 11.7. The van der Waals surface area contributed by atoms with Gasteiger partial charge in [0.1, 0.15) is 11.5 Å². The smallest absolute Gasteiger partial charge is 0.265 e. The zero-order chi connectivity index (χ0) is 11.5. The number of fused-ring (bicyclic) bond motifs is 1. The Bertz CT molecular complexity index is 403. The van der Waals surface area contributed by atoms with E-state index in [1.165, 1.54) is 0 Å². The zero-order valence-corrected chi connectivity index (χ0v) is 9.27. The molecule has 1 aromatic carbocycles. The maximum atomic E-state index is 11.7. The Hall–Kier alpha value is -1.71. The van der Waals surface area contributed by atoms with Crippen LogP contribution in [-0.2, 0) is 4.79 Å². The minimum absolute atomic E-state index is 0.0216. The van der Waals surface area contributed by atoms with E-state index in [4.69, 9.17) is 4.74 Å². The topological polar surface area (TPSA) is 49.8 Å². The molecule has 0 saturated heterocycles. The summed E-state index contributed by atoms with van der Waals surface area (Å²) < 4.78 is 5.28. The maximum Gasteiger partial charge on any atom is 0.265 e. The zero-order valence-electron chi connectivity index (χ0n) is 9.27. The molecule has 2 rings (SSSR count). The summed E-state index contributed by atoms with van der Waals surface area (Å²) in [4.78, 5) is 13.4. The second-order valence-corrected chi connectivity index (χ2v) is 3.84. The van der Waals surface area contributed by atoms with E-state index < -0.39 is 0 Å². The average molecular weight is 221 g/mol. The second kappa shape index (κ2) is 4.43. The molecular weight excluding hydrogens is 206 g/mol. The quantitative estimate of drug-likeness (QED) is 0.848. The van der Waals surface area contributed by atoms with Crippen molar-refractivity contribution in [1.82, 2.24) is 0 Å². The summed E-state index contributed by atoms with van der Waals surface area (Å²) in [5.41, 5.74) is 0.752. The molecule has 0 spiro atoms. The molecule has 1 aromatic rings. The minimum Gasteiger partial charge on any atom is -0.508 e. The highest BCUT2D eigenvalue weighted by Crippen LogP contribution is 2.34. The molecule has 0 bridgehead atoms. The lowest BCUT2D eigenvalue weighted by atomic mass is 10.2. The summed E-state index contributed by atoms with van der Waals surface area (Å²) in [6.07, 6.45) is 2.00. The number of ether oxygens (including phenoxy) is 1. The van der Waals surface area contributed by atoms with Crippen molar-refractivity contribution in [2.45, 2.75) is 19.8 Å². The van der Waals surface area contributed by atoms with E-state index in [1.54, 1.807) is 23.1 Å². The molecule has 0 fully saturated rings. The molecule has 0 aromatic heterocycles. The minimum atomic E-state index is -0.0216. The first-order valence-corrected chi connectivity index (χ1v) is 5.48. The van der Waals surface area contributed by atoms with Gasteiger partial charge in [0.25, 0.3) is 5.91 Å². The lowest BCUT2D eigenvalue weighted by Gasteiger charge is -2.29. The molecule has 1 amide bonds. The van der Waals surface area contributed by atoms with Gasteiger partial charge in [-0.05, 0) is 18.6 Å². The van der Waals surface area contributed by atoms with E-state index in [0.717, 1.165) is 18.5 Å². The standard InChI is InChI=1S/C12H15NO3/c1-2-3-6-13-10-5-4-9(14)7-11(10)16-8-12(13)15/h4-5,7,14H,2-3,6,8H2,1H3. The van der Waals surface area contributed by atoms with Crippen molar-refractivity contribution in [3.05, 3.63) is 18.2 Å². The first-order valence-electron chi connectivity index (χ1n) is 5.48. The van der Waals surface area contributed by atoms with Gasteiger partial charge >= 0.3 is 0 Å². The van der Waals surface area contributed by atoms with Crippen molar-refractivity contribution < 1.29 is 14.6 Å². The number of anilines is 1. The van der Waals surface area contributed by atoms with Crippen LogP contribution in [0.5, 0.6) is 11.5 Å². The number of phenolic OH excluding ortho intramolecular Hbond substituents is 1. The molecule has 1 N–H and O–H groups in total. The van der Waals surface area contributed by atoms with Crippen molar-refractivity contribution in [1.29, 1.82) is 0 Å². The van der Waals surface area contributed by atoms with Crippen LogP contribution in [0.15, 0.2) is 18.2 Å². The van der Waals surface area contributed by atoms with Gasteiger partial charge in [-0.3, -0.25) is 4.79 Å². The number of nitrogens with zero attached hydrogens (tertiary/aromatic N) is 1. The molecular formula is C12H15NO3. The molecule has 1 aliphatic heterocycles. The van der Waals surface area contributed by atoms with E-state index in [-0.39, 0.29) is 18.3 Å². The summed E-state index contributed by atoms with van der Waals surface area (Å²) in [7, 11) is 0. The summed E-state index contributed by atoms with van der Waals surface area (Å²) in [5.74, 6) is 0.714. The fourth-order valence-electron chi connectivity index (χ4n) is 1.75. The highest BCUT2D eigenvalue weighted by atomic mass is 16.5. The van der Waals surface area contributed by atoms with Crippen molar-refractivity contribution >= 4 is 11.6 Å². The van der Waals surface area contributed by atoms with Crippen molar-refractivity contribution in [3.8, 4) is 11.5 Å². The summed E-state index contributed by atoms with van der Waals surface area (Å²) in [6, 6.07) is 4.83. The van der Waals surface area contributed by atoms with Crippen molar-refractivity contribution in [2.75, 3.05) is 18.1 Å². The highest BCUT2D eigenvalue weighted by molar-refractivity contribution is 5.97. The van der Waals surface area contributed by atoms with E-state index in [0.29, 0.717) is 12.3 Å². The Morgan fingerprint density at radius 1 is 1.50 bits per heavy atom. The molecule has 0 saturated carbocycles. The molecule has 0 atom stereocenters. The number of hydrogen-bond donors (Lipinski definition) is 1. The van der Waals surface area contributed by atoms with Gasteiger partial charge in [0.15, 0.2) is 6.61 Å². The van der Waals surface area contributed by atoms with Crippen LogP contribution in [0.25, 0.3) is 0 Å². The number of rotatable bonds is 3. The average Bonchev–Trinajstić information content (AvgIpc) is 2.28. The molecule has 4 nitrogen and oxygen atoms in total. The third-order valence-electron chi connectivity index (χ3n) is 2.62. The van der Waals surface area contributed by atoms with Crippen LogP contribution in [0.1, 0.15) is 19.8 Å². The highest BCUT2D eigenvalue weighted by Gasteiger charge is 2.24. The summed E-state index contributed by atoms with van der Waals surface area (Å²) >= 11 is 0. The Kier molecular flexibility index (Phi) is 2.99. The molecule has 0 unspecified atom stereocenters. The van der Waals surface area contributed by atoms with Crippen LogP contribution in [0.4, 0.5) is 5.69 Å². The van der Waals surface area contributed by atoms with Crippen molar-refractivity contribution in [3.63, 3.8) is 0 Å². The van der Waals surface area contributed by atoms with Gasteiger partial charge in [0.2, 0.25) is 0 Å².